The van der Waals surface area contributed by atoms with Gasteiger partial charge >= 0.3 is 6.09 Å². The van der Waals surface area contributed by atoms with E-state index in [4.69, 9.17) is 18.6 Å². The van der Waals surface area contributed by atoms with Crippen LogP contribution in [0, 0.1) is 6.92 Å². The summed E-state index contributed by atoms with van der Waals surface area (Å²) in [7, 11) is 2.98. The number of aromatic nitrogens is 1. The van der Waals surface area contributed by atoms with Crippen LogP contribution >= 0.6 is 0 Å². The van der Waals surface area contributed by atoms with Gasteiger partial charge in [-0.1, -0.05) is 93.6 Å². The van der Waals surface area contributed by atoms with Crippen LogP contribution < -0.4 is 30.1 Å². The highest BCUT2D eigenvalue weighted by Gasteiger charge is 2.35. The van der Waals surface area contributed by atoms with Crippen molar-refractivity contribution in [3.8, 4) is 11.5 Å². The van der Waals surface area contributed by atoms with Crippen LogP contribution in [0.15, 0.2) is 115 Å². The van der Waals surface area contributed by atoms with E-state index in [0.29, 0.717) is 63.4 Å². The highest BCUT2D eigenvalue weighted by molar-refractivity contribution is 6.80. The van der Waals surface area contributed by atoms with E-state index in [9.17, 15) is 19.2 Å². The number of unbranched alkanes of at least 4 members (excludes halogenated alkanes) is 2. The normalized spacial score (nSPS) is 13.3. The van der Waals surface area contributed by atoms with Gasteiger partial charge in [0.05, 0.1) is 37.2 Å². The van der Waals surface area contributed by atoms with Crippen LogP contribution in [0.25, 0.3) is 10.9 Å². The van der Waals surface area contributed by atoms with Gasteiger partial charge in [-0.3, -0.25) is 14.4 Å². The third-order valence-corrected chi connectivity index (χ3v) is 15.3. The first kappa shape index (κ1) is 53.1. The number of ether oxygens (including phenoxy) is 3. The molecule has 3 amide bonds. The van der Waals surface area contributed by atoms with Crippen LogP contribution in [0.1, 0.15) is 105 Å². The summed E-state index contributed by atoms with van der Waals surface area (Å²) in [6.07, 6.45) is 2.39. The van der Waals surface area contributed by atoms with E-state index in [1.807, 2.05) is 114 Å². The van der Waals surface area contributed by atoms with Crippen LogP contribution in [0.5, 0.6) is 11.5 Å². The molecule has 0 unspecified atom stereocenters. The lowest BCUT2D eigenvalue weighted by Gasteiger charge is -2.32. The van der Waals surface area contributed by atoms with Crippen LogP contribution in [-0.2, 0) is 26.0 Å². The zero-order valence-electron chi connectivity index (χ0n) is 43.7. The fraction of sp³-hybridized carbons (Fsp3) is 0.379. The molecule has 0 atom stereocenters. The first-order chi connectivity index (χ1) is 34.3. The Morgan fingerprint density at radius 1 is 0.750 bits per heavy atom. The molecule has 5 aromatic carbocycles. The zero-order valence-corrected chi connectivity index (χ0v) is 44.8. The van der Waals surface area contributed by atoms with Gasteiger partial charge in [0.25, 0.3) is 11.8 Å². The maximum atomic E-state index is 14.8. The second kappa shape index (κ2) is 23.2. The first-order valence-electron chi connectivity index (χ1n) is 24.9. The van der Waals surface area contributed by atoms with E-state index < -0.39 is 32.1 Å². The lowest BCUT2D eigenvalue weighted by molar-refractivity contribution is -0.132. The molecule has 1 aliphatic heterocycles. The van der Waals surface area contributed by atoms with E-state index in [1.165, 1.54) is 7.11 Å². The van der Waals surface area contributed by atoms with Crippen molar-refractivity contribution < 1.29 is 37.8 Å². The standard InChI is InChI=1S/C58H71N5O8Si/c1-40-28-31-47(50(37-40)69-36-19-13-18-27-51(64)62-34-32-60(8)33-35-62)61(9)55(66)41-29-30-46(49(38-41)68-10)59-54(65)44-25-20-26-48-52(44)45(53(57(2,3)4)63(48)56(67)71-58(5,6)7)39-70-72(42-21-14-11-15-22-42)43-23-16-12-17-24-43/h11-12,14-17,20-26,28-31,37-38,72H,13,18-19,27,32-36,39H2,1-10H3,(H,59,65). The summed E-state index contributed by atoms with van der Waals surface area (Å²) in [5, 5.41) is 5.82. The number of methoxy groups -OCH3 is 1. The number of anilines is 2. The molecule has 13 nitrogen and oxygen atoms in total. The van der Waals surface area contributed by atoms with Crippen molar-refractivity contribution in [1.82, 2.24) is 14.4 Å². The van der Waals surface area contributed by atoms with Gasteiger partial charge in [-0.15, -0.1) is 0 Å². The molecule has 1 aliphatic rings. The number of nitrogens with zero attached hydrogens (tertiary/aromatic N) is 4. The smallest absolute Gasteiger partial charge is 0.419 e. The third-order valence-electron chi connectivity index (χ3n) is 12.9. The Balaban J connectivity index is 1.13. The number of rotatable bonds is 17. The van der Waals surface area contributed by atoms with Gasteiger partial charge in [-0.05, 0) is 112 Å². The summed E-state index contributed by atoms with van der Waals surface area (Å²) in [5.74, 6) is 0.336. The van der Waals surface area contributed by atoms with Crippen molar-refractivity contribution in [2.24, 2.45) is 0 Å². The molecular weight excluding hydrogens is 923 g/mol. The van der Waals surface area contributed by atoms with Crippen molar-refractivity contribution in [2.75, 3.05) is 64.2 Å². The van der Waals surface area contributed by atoms with E-state index in [2.05, 4.69) is 41.5 Å². The highest BCUT2D eigenvalue weighted by atomic mass is 28.3. The van der Waals surface area contributed by atoms with Gasteiger partial charge in [0.2, 0.25) is 14.9 Å². The second-order valence-electron chi connectivity index (χ2n) is 20.7. The summed E-state index contributed by atoms with van der Waals surface area (Å²) in [6, 6.07) is 36.3. The Bertz CT molecular complexity index is 2820. The summed E-state index contributed by atoms with van der Waals surface area (Å²) >= 11 is 0. The average Bonchev–Trinajstić information content (AvgIpc) is 3.71. The van der Waals surface area contributed by atoms with Gasteiger partial charge in [0.15, 0.2) is 0 Å². The minimum atomic E-state index is -2.29. The largest absolute Gasteiger partial charge is 0.495 e. The maximum Gasteiger partial charge on any atom is 0.419 e. The van der Waals surface area contributed by atoms with Crippen molar-refractivity contribution in [1.29, 1.82) is 0 Å². The number of carbonyl (C=O) groups excluding carboxylic acids is 4. The minimum Gasteiger partial charge on any atom is -0.495 e. The van der Waals surface area contributed by atoms with Crippen molar-refractivity contribution >= 4 is 65.5 Å². The monoisotopic (exact) mass is 994 g/mol. The molecule has 14 heteroatoms. The molecule has 2 heterocycles. The lowest BCUT2D eigenvalue weighted by atomic mass is 9.88. The Kier molecular flexibility index (Phi) is 17.1. The van der Waals surface area contributed by atoms with E-state index in [0.717, 1.165) is 61.4 Å². The number of aryl methyl sites for hydroxylation is 1. The van der Waals surface area contributed by atoms with Gasteiger partial charge in [0, 0.05) is 72.8 Å². The molecule has 380 valence electrons. The molecule has 6 aromatic rings. The Morgan fingerprint density at radius 2 is 1.42 bits per heavy atom. The first-order valence-corrected chi connectivity index (χ1v) is 26.6. The number of fused-ring (bicyclic) bond motifs is 1. The molecule has 7 rings (SSSR count). The lowest BCUT2D eigenvalue weighted by Crippen LogP contribution is -2.47. The molecule has 1 fully saturated rings. The Hall–Kier alpha value is -6.74. The van der Waals surface area contributed by atoms with Gasteiger partial charge in [-0.25, -0.2) is 9.36 Å². The topological polar surface area (TPSA) is 132 Å². The molecular formula is C58H71N5O8Si. The molecule has 1 aromatic heterocycles. The number of likely N-dealkylation sites (N-methyl/N-ethyl adjacent to an activating group) is 1. The third kappa shape index (κ3) is 12.8. The fourth-order valence-electron chi connectivity index (χ4n) is 9.23. The van der Waals surface area contributed by atoms with Crippen LogP contribution in [0.3, 0.4) is 0 Å². The van der Waals surface area contributed by atoms with Gasteiger partial charge in [0.1, 0.15) is 17.1 Å². The molecule has 1 saturated heterocycles. The fourth-order valence-corrected chi connectivity index (χ4v) is 11.5. The molecule has 0 bridgehead atoms. The SMILES string of the molecule is COc1cc(C(=O)N(C)c2ccc(C)cc2OCCCCCC(=O)N2CCN(C)CC2)ccc1NC(=O)c1cccc2c1c(CO[SiH](c1ccccc1)c1ccccc1)c(C(C)(C)C)n2C(=O)OC(C)(C)C. The number of piperazine rings is 1. The molecule has 0 aliphatic carbocycles. The average molecular weight is 994 g/mol. The van der Waals surface area contributed by atoms with E-state index in [1.54, 1.807) is 46.8 Å². The van der Waals surface area contributed by atoms with Crippen LogP contribution in [-0.4, -0.2) is 107 Å². The second-order valence-corrected chi connectivity index (χ2v) is 23.1. The Labute approximate surface area is 426 Å². The Morgan fingerprint density at radius 3 is 2.04 bits per heavy atom. The number of nitrogens with one attached hydrogen (secondary N) is 1. The van der Waals surface area contributed by atoms with Crippen molar-refractivity contribution in [3.05, 3.63) is 143 Å². The predicted octanol–water partition coefficient (Wildman–Crippen LogP) is 9.34. The van der Waals surface area contributed by atoms with Crippen molar-refractivity contribution in [2.45, 2.75) is 91.8 Å². The highest BCUT2D eigenvalue weighted by Crippen LogP contribution is 2.39. The quantitative estimate of drug-likeness (QED) is 0.0702. The van der Waals surface area contributed by atoms with Crippen LogP contribution in [0.4, 0.5) is 16.2 Å². The van der Waals surface area contributed by atoms with E-state index in [-0.39, 0.29) is 24.2 Å². The van der Waals surface area contributed by atoms with E-state index >= 15 is 0 Å². The zero-order chi connectivity index (χ0) is 51.7. The minimum absolute atomic E-state index is 0.116. The molecule has 0 spiro atoms. The summed E-state index contributed by atoms with van der Waals surface area (Å²) in [5.41, 5.74) is 3.12. The molecule has 0 saturated carbocycles. The van der Waals surface area contributed by atoms with Crippen LogP contribution in [0.2, 0.25) is 0 Å². The number of amides is 3. The summed E-state index contributed by atoms with van der Waals surface area (Å²) in [4.78, 5) is 61.8. The number of benzene rings is 5. The number of carbonyl (C=O) groups is 4. The molecule has 1 N–H and O–H groups in total. The number of hydrogen-bond donors (Lipinski definition) is 1. The molecule has 72 heavy (non-hydrogen) atoms. The number of hydrogen-bond acceptors (Lipinski definition) is 9. The molecule has 0 radical (unpaired) electrons. The predicted molar refractivity (Wildman–Crippen MR) is 289 cm³/mol. The van der Waals surface area contributed by atoms with Crippen molar-refractivity contribution in [3.63, 3.8) is 0 Å². The van der Waals surface area contributed by atoms with Gasteiger partial charge < -0.3 is 38.7 Å². The van der Waals surface area contributed by atoms with Gasteiger partial charge in [-0.2, -0.15) is 0 Å². The summed E-state index contributed by atoms with van der Waals surface area (Å²) in [6.45, 7) is 17.5. The maximum absolute atomic E-state index is 14.8. The summed E-state index contributed by atoms with van der Waals surface area (Å²) < 4.78 is 26.8.